The van der Waals surface area contributed by atoms with Crippen molar-refractivity contribution in [3.63, 3.8) is 0 Å². The molecule has 4 rings (SSSR count). The summed E-state index contributed by atoms with van der Waals surface area (Å²) in [5, 5.41) is 2.78. The summed E-state index contributed by atoms with van der Waals surface area (Å²) in [7, 11) is 1.49. The lowest BCUT2D eigenvalue weighted by Gasteiger charge is -2.16. The van der Waals surface area contributed by atoms with E-state index in [4.69, 9.17) is 16.3 Å². The minimum atomic E-state index is -0.677. The third kappa shape index (κ3) is 3.83. The van der Waals surface area contributed by atoms with Gasteiger partial charge in [0.2, 0.25) is 0 Å². The molecule has 5 nitrogen and oxygen atoms in total. The van der Waals surface area contributed by atoms with E-state index in [0.717, 1.165) is 16.5 Å². The van der Waals surface area contributed by atoms with Crippen molar-refractivity contribution in [3.05, 3.63) is 94.1 Å². The fraction of sp³-hybridized carbons (Fsp3) is 0.0833. The van der Waals surface area contributed by atoms with Crippen LogP contribution >= 0.6 is 11.6 Å². The van der Waals surface area contributed by atoms with Crippen molar-refractivity contribution in [2.24, 2.45) is 0 Å². The molecule has 1 N–H and O–H groups in total. The van der Waals surface area contributed by atoms with E-state index in [9.17, 15) is 18.4 Å². The van der Waals surface area contributed by atoms with Gasteiger partial charge in [0.25, 0.3) is 11.8 Å². The first-order chi connectivity index (χ1) is 15.3. The fourth-order valence-corrected chi connectivity index (χ4v) is 3.62. The molecule has 162 valence electrons. The molecule has 0 aliphatic carbocycles. The van der Waals surface area contributed by atoms with Crippen molar-refractivity contribution in [3.8, 4) is 5.75 Å². The van der Waals surface area contributed by atoms with Gasteiger partial charge in [-0.2, -0.15) is 0 Å². The summed E-state index contributed by atoms with van der Waals surface area (Å²) in [4.78, 5) is 27.6. The number of amides is 2. The Balaban J connectivity index is 1.86. The maximum Gasteiger partial charge on any atom is 0.282 e. The van der Waals surface area contributed by atoms with Gasteiger partial charge in [-0.05, 0) is 60.5 Å². The van der Waals surface area contributed by atoms with Crippen molar-refractivity contribution in [2.45, 2.75) is 6.92 Å². The van der Waals surface area contributed by atoms with Crippen LogP contribution in [0.4, 0.5) is 20.2 Å². The Hall–Kier alpha value is -3.71. The van der Waals surface area contributed by atoms with Crippen molar-refractivity contribution >= 4 is 40.4 Å². The molecule has 1 aliphatic rings. The number of carbonyl (C=O) groups is 2. The highest BCUT2D eigenvalue weighted by Gasteiger charge is 2.40. The first-order valence-electron chi connectivity index (χ1n) is 9.56. The van der Waals surface area contributed by atoms with Crippen molar-refractivity contribution in [2.75, 3.05) is 17.3 Å². The Morgan fingerprint density at radius 1 is 0.938 bits per heavy atom. The van der Waals surface area contributed by atoms with Gasteiger partial charge >= 0.3 is 0 Å². The molecule has 3 aromatic rings. The lowest BCUT2D eigenvalue weighted by molar-refractivity contribution is -0.120. The second kappa shape index (κ2) is 8.43. The van der Waals surface area contributed by atoms with Crippen LogP contribution in [0.5, 0.6) is 5.75 Å². The lowest BCUT2D eigenvalue weighted by atomic mass is 10.0. The molecule has 1 aliphatic heterocycles. The molecule has 0 fully saturated rings. The Kier molecular flexibility index (Phi) is 5.67. The van der Waals surface area contributed by atoms with Crippen molar-refractivity contribution < 1.29 is 23.1 Å². The van der Waals surface area contributed by atoms with E-state index >= 15 is 0 Å². The van der Waals surface area contributed by atoms with Gasteiger partial charge in [-0.25, -0.2) is 13.7 Å². The quantitative estimate of drug-likeness (QED) is 0.529. The number of benzene rings is 3. The predicted octanol–water partition coefficient (Wildman–Crippen LogP) is 5.33. The topological polar surface area (TPSA) is 58.6 Å². The van der Waals surface area contributed by atoms with Gasteiger partial charge in [0.15, 0.2) is 0 Å². The summed E-state index contributed by atoms with van der Waals surface area (Å²) in [5.41, 5.74) is 1.84. The molecule has 32 heavy (non-hydrogen) atoms. The number of hydrogen-bond acceptors (Lipinski definition) is 4. The van der Waals surface area contributed by atoms with Gasteiger partial charge in [0.1, 0.15) is 23.1 Å². The number of nitrogens with zero attached hydrogens (tertiary/aromatic N) is 1. The second-order valence-corrected chi connectivity index (χ2v) is 7.54. The second-order valence-electron chi connectivity index (χ2n) is 7.13. The van der Waals surface area contributed by atoms with E-state index in [-0.39, 0.29) is 22.0 Å². The van der Waals surface area contributed by atoms with E-state index in [2.05, 4.69) is 5.32 Å². The highest BCUT2D eigenvalue weighted by molar-refractivity contribution is 6.46. The zero-order chi connectivity index (χ0) is 23.0. The largest absolute Gasteiger partial charge is 0.495 e. The number of aryl methyl sites for hydroxylation is 1. The third-order valence-electron chi connectivity index (χ3n) is 4.99. The zero-order valence-corrected chi connectivity index (χ0v) is 17.8. The molecule has 1 heterocycles. The minimum Gasteiger partial charge on any atom is -0.495 e. The molecular weight excluding hydrogens is 438 g/mol. The maximum atomic E-state index is 13.7. The average molecular weight is 455 g/mol. The number of anilines is 2. The average Bonchev–Trinajstić information content (AvgIpc) is 3.00. The van der Waals surface area contributed by atoms with Crippen LogP contribution in [-0.2, 0) is 9.59 Å². The number of hydrogen-bond donors (Lipinski definition) is 1. The summed E-state index contributed by atoms with van der Waals surface area (Å²) in [6.45, 7) is 1.87. The van der Waals surface area contributed by atoms with E-state index in [1.807, 2.05) is 13.0 Å². The molecule has 0 saturated heterocycles. The van der Waals surface area contributed by atoms with Gasteiger partial charge in [0, 0.05) is 0 Å². The first-order valence-corrected chi connectivity index (χ1v) is 9.93. The molecule has 0 radical (unpaired) electrons. The first kappa shape index (κ1) is 21.5. The number of carbonyl (C=O) groups excluding carboxylic acids is 2. The van der Waals surface area contributed by atoms with Gasteiger partial charge in [0.05, 0.1) is 29.1 Å². The normalized spacial score (nSPS) is 13.7. The highest BCUT2D eigenvalue weighted by Crippen LogP contribution is 2.36. The molecule has 0 saturated carbocycles. The van der Waals surface area contributed by atoms with Gasteiger partial charge in [-0.15, -0.1) is 0 Å². The standard InChI is InChI=1S/C24H17ClF2N2O3/c1-13-3-10-20(32-2)19(11-13)28-22-21(14-4-6-15(26)7-5-14)23(30)29(24(22)31)16-8-9-18(27)17(25)12-16/h3-12,28H,1-2H3. The Labute approximate surface area is 187 Å². The summed E-state index contributed by atoms with van der Waals surface area (Å²) in [6.07, 6.45) is 0. The van der Waals surface area contributed by atoms with Crippen molar-refractivity contribution in [1.29, 1.82) is 0 Å². The summed E-state index contributed by atoms with van der Waals surface area (Å²) < 4.78 is 32.5. The van der Waals surface area contributed by atoms with Crippen LogP contribution in [0.3, 0.4) is 0 Å². The number of ether oxygens (including phenoxy) is 1. The van der Waals surface area contributed by atoms with Crippen LogP contribution < -0.4 is 15.0 Å². The van der Waals surface area contributed by atoms with Crippen LogP contribution in [0.15, 0.2) is 66.4 Å². The number of imide groups is 1. The molecule has 3 aromatic carbocycles. The summed E-state index contributed by atoms with van der Waals surface area (Å²) in [5.74, 6) is -2.02. The minimum absolute atomic E-state index is 0.0223. The van der Waals surface area contributed by atoms with Gasteiger partial charge in [-0.3, -0.25) is 9.59 Å². The number of halogens is 3. The summed E-state index contributed by atoms with van der Waals surface area (Å²) >= 11 is 5.87. The molecule has 2 amide bonds. The maximum absolute atomic E-state index is 13.7. The van der Waals surface area contributed by atoms with Crippen LogP contribution in [0.25, 0.3) is 5.57 Å². The van der Waals surface area contributed by atoms with E-state index in [0.29, 0.717) is 17.0 Å². The molecule has 0 bridgehead atoms. The Morgan fingerprint density at radius 2 is 1.66 bits per heavy atom. The van der Waals surface area contributed by atoms with Crippen LogP contribution in [0, 0.1) is 18.6 Å². The third-order valence-corrected chi connectivity index (χ3v) is 5.28. The Morgan fingerprint density at radius 3 is 2.31 bits per heavy atom. The van der Waals surface area contributed by atoms with Crippen LogP contribution in [-0.4, -0.2) is 18.9 Å². The SMILES string of the molecule is COc1ccc(C)cc1NC1=C(c2ccc(F)cc2)C(=O)N(c2ccc(F)c(Cl)c2)C1=O. The van der Waals surface area contributed by atoms with Gasteiger partial charge < -0.3 is 10.1 Å². The molecule has 8 heteroatoms. The molecular formula is C24H17ClF2N2O3. The summed E-state index contributed by atoms with van der Waals surface area (Å²) in [6, 6.07) is 14.1. The Bertz CT molecular complexity index is 1270. The van der Waals surface area contributed by atoms with Crippen LogP contribution in [0.1, 0.15) is 11.1 Å². The van der Waals surface area contributed by atoms with E-state index < -0.39 is 23.4 Å². The monoisotopic (exact) mass is 454 g/mol. The molecule has 0 atom stereocenters. The number of methoxy groups -OCH3 is 1. The van der Waals surface area contributed by atoms with Crippen molar-refractivity contribution in [1.82, 2.24) is 0 Å². The smallest absolute Gasteiger partial charge is 0.282 e. The fourth-order valence-electron chi connectivity index (χ4n) is 3.44. The van der Waals surface area contributed by atoms with E-state index in [1.54, 1.807) is 12.1 Å². The predicted molar refractivity (Wildman–Crippen MR) is 119 cm³/mol. The van der Waals surface area contributed by atoms with Gasteiger partial charge in [-0.1, -0.05) is 29.8 Å². The highest BCUT2D eigenvalue weighted by atomic mass is 35.5. The molecule has 0 aromatic heterocycles. The van der Waals surface area contributed by atoms with Crippen LogP contribution in [0.2, 0.25) is 5.02 Å². The molecule has 0 spiro atoms. The molecule has 0 unspecified atom stereocenters. The number of nitrogens with one attached hydrogen (secondary N) is 1. The number of rotatable bonds is 5. The lowest BCUT2D eigenvalue weighted by Crippen LogP contribution is -2.32. The van der Waals surface area contributed by atoms with E-state index in [1.165, 1.54) is 43.5 Å². The zero-order valence-electron chi connectivity index (χ0n) is 17.1.